The lowest BCUT2D eigenvalue weighted by molar-refractivity contribution is 0.0923. The Morgan fingerprint density at radius 3 is 2.75 bits per heavy atom. The van der Waals surface area contributed by atoms with Gasteiger partial charge in [0.15, 0.2) is 11.0 Å². The summed E-state index contributed by atoms with van der Waals surface area (Å²) in [6.07, 6.45) is 1.74. The van der Waals surface area contributed by atoms with E-state index in [9.17, 15) is 4.79 Å². The summed E-state index contributed by atoms with van der Waals surface area (Å²) in [5.41, 5.74) is 0.868. The number of furan rings is 1. The molecule has 0 atom stereocenters. The number of carbonyl (C=O) groups excluding carboxylic acids is 1. The van der Waals surface area contributed by atoms with E-state index in [4.69, 9.17) is 20.8 Å². The number of pyridine rings is 1. The first-order valence-corrected chi connectivity index (χ1v) is 6.57. The Bertz CT molecular complexity index is 578. The van der Waals surface area contributed by atoms with Gasteiger partial charge in [-0.1, -0.05) is 6.07 Å². The van der Waals surface area contributed by atoms with Gasteiger partial charge in [-0.3, -0.25) is 4.79 Å². The topological polar surface area (TPSA) is 64.4 Å². The predicted octanol–water partition coefficient (Wildman–Crippen LogP) is 3.05. The Morgan fingerprint density at radius 2 is 2.20 bits per heavy atom. The van der Waals surface area contributed by atoms with Crippen LogP contribution in [0.25, 0.3) is 0 Å². The Balaban J connectivity index is 1.89. The van der Waals surface area contributed by atoms with Crippen LogP contribution in [0.3, 0.4) is 0 Å². The van der Waals surface area contributed by atoms with E-state index < -0.39 is 0 Å². The molecule has 2 rings (SSSR count). The van der Waals surface area contributed by atoms with Gasteiger partial charge in [0.05, 0.1) is 6.10 Å². The SMILES string of the molecule is CC(C)Oc1ccc(CNC(=O)c2ccc(Cl)o2)cn1. The number of aromatic nitrogens is 1. The van der Waals surface area contributed by atoms with Gasteiger partial charge in [0.2, 0.25) is 5.88 Å². The first kappa shape index (κ1) is 14.4. The van der Waals surface area contributed by atoms with Crippen molar-refractivity contribution in [3.05, 3.63) is 47.0 Å². The summed E-state index contributed by atoms with van der Waals surface area (Å²) >= 11 is 5.61. The zero-order valence-corrected chi connectivity index (χ0v) is 12.0. The number of rotatable bonds is 5. The van der Waals surface area contributed by atoms with Crippen LogP contribution in [0.5, 0.6) is 5.88 Å². The minimum atomic E-state index is -0.320. The van der Waals surface area contributed by atoms with Crippen molar-refractivity contribution in [2.24, 2.45) is 0 Å². The molecule has 0 saturated heterocycles. The van der Waals surface area contributed by atoms with Gasteiger partial charge < -0.3 is 14.5 Å². The van der Waals surface area contributed by atoms with Crippen LogP contribution < -0.4 is 10.1 Å². The average molecular weight is 295 g/mol. The van der Waals surface area contributed by atoms with E-state index in [0.29, 0.717) is 12.4 Å². The van der Waals surface area contributed by atoms with Crippen LogP contribution >= 0.6 is 11.6 Å². The quantitative estimate of drug-likeness (QED) is 0.920. The Kier molecular flexibility index (Phi) is 4.63. The second kappa shape index (κ2) is 6.43. The van der Waals surface area contributed by atoms with Crippen molar-refractivity contribution in [3.8, 4) is 5.88 Å². The minimum absolute atomic E-state index is 0.0803. The summed E-state index contributed by atoms with van der Waals surface area (Å²) < 4.78 is 10.5. The summed E-state index contributed by atoms with van der Waals surface area (Å²) in [7, 11) is 0. The van der Waals surface area contributed by atoms with Gasteiger partial charge in [0.25, 0.3) is 5.91 Å². The van der Waals surface area contributed by atoms with E-state index in [1.807, 2.05) is 19.9 Å². The third-order valence-electron chi connectivity index (χ3n) is 2.40. The lowest BCUT2D eigenvalue weighted by Gasteiger charge is -2.09. The highest BCUT2D eigenvalue weighted by Crippen LogP contribution is 2.13. The fraction of sp³-hybridized carbons (Fsp3) is 0.286. The highest BCUT2D eigenvalue weighted by Gasteiger charge is 2.10. The van der Waals surface area contributed by atoms with Crippen LogP contribution in [-0.2, 0) is 6.54 Å². The summed E-state index contributed by atoms with van der Waals surface area (Å²) in [6.45, 7) is 4.22. The lowest BCUT2D eigenvalue weighted by Crippen LogP contribution is -2.22. The molecule has 6 heteroatoms. The minimum Gasteiger partial charge on any atom is -0.475 e. The molecule has 0 bridgehead atoms. The molecule has 0 spiro atoms. The Labute approximate surface area is 121 Å². The van der Waals surface area contributed by atoms with Crippen molar-refractivity contribution in [1.82, 2.24) is 10.3 Å². The molecular weight excluding hydrogens is 280 g/mol. The monoisotopic (exact) mass is 294 g/mol. The first-order valence-electron chi connectivity index (χ1n) is 6.19. The highest BCUT2D eigenvalue weighted by atomic mass is 35.5. The van der Waals surface area contributed by atoms with Crippen LogP contribution in [0.4, 0.5) is 0 Å². The zero-order valence-electron chi connectivity index (χ0n) is 11.2. The van der Waals surface area contributed by atoms with E-state index in [0.717, 1.165) is 5.56 Å². The van der Waals surface area contributed by atoms with Crippen molar-refractivity contribution in [1.29, 1.82) is 0 Å². The molecule has 1 amide bonds. The first-order chi connectivity index (χ1) is 9.54. The van der Waals surface area contributed by atoms with E-state index in [1.54, 1.807) is 12.3 Å². The van der Waals surface area contributed by atoms with Crippen LogP contribution in [-0.4, -0.2) is 17.0 Å². The fourth-order valence-corrected chi connectivity index (χ4v) is 1.68. The van der Waals surface area contributed by atoms with Gasteiger partial charge in [0.1, 0.15) is 0 Å². The van der Waals surface area contributed by atoms with Gasteiger partial charge in [-0.15, -0.1) is 0 Å². The zero-order chi connectivity index (χ0) is 14.5. The van der Waals surface area contributed by atoms with E-state index in [-0.39, 0.29) is 23.0 Å². The second-order valence-corrected chi connectivity index (χ2v) is 4.83. The Hall–Kier alpha value is -2.01. The lowest BCUT2D eigenvalue weighted by atomic mass is 10.3. The number of amides is 1. The molecule has 2 heterocycles. The smallest absolute Gasteiger partial charge is 0.287 e. The Morgan fingerprint density at radius 1 is 1.40 bits per heavy atom. The number of carbonyl (C=O) groups is 1. The summed E-state index contributed by atoms with van der Waals surface area (Å²) in [5, 5.41) is 2.90. The van der Waals surface area contributed by atoms with Gasteiger partial charge in [-0.05, 0) is 43.1 Å². The maximum absolute atomic E-state index is 11.7. The number of nitrogens with one attached hydrogen (secondary N) is 1. The average Bonchev–Trinajstić information content (AvgIpc) is 2.84. The molecule has 0 saturated carbocycles. The van der Waals surface area contributed by atoms with Crippen molar-refractivity contribution in [2.45, 2.75) is 26.5 Å². The van der Waals surface area contributed by atoms with Crippen molar-refractivity contribution >= 4 is 17.5 Å². The second-order valence-electron chi connectivity index (χ2n) is 4.46. The van der Waals surface area contributed by atoms with Crippen LogP contribution in [0.15, 0.2) is 34.9 Å². The molecule has 0 aliphatic rings. The van der Waals surface area contributed by atoms with E-state index in [2.05, 4.69) is 10.3 Å². The molecule has 0 fully saturated rings. The third-order valence-corrected chi connectivity index (χ3v) is 2.61. The molecule has 5 nitrogen and oxygen atoms in total. The molecule has 0 aliphatic carbocycles. The normalized spacial score (nSPS) is 10.6. The van der Waals surface area contributed by atoms with Crippen LogP contribution in [0.2, 0.25) is 5.22 Å². The molecule has 0 unspecified atom stereocenters. The maximum Gasteiger partial charge on any atom is 0.287 e. The summed E-state index contributed by atoms with van der Waals surface area (Å²) in [6, 6.07) is 6.66. The van der Waals surface area contributed by atoms with Gasteiger partial charge in [-0.25, -0.2) is 4.98 Å². The standard InChI is InChI=1S/C14H15ClN2O3/c1-9(2)19-13-6-3-10(7-16-13)8-17-14(18)11-4-5-12(15)20-11/h3-7,9H,8H2,1-2H3,(H,17,18). The van der Waals surface area contributed by atoms with Gasteiger partial charge >= 0.3 is 0 Å². The molecule has 2 aromatic rings. The molecule has 0 aromatic carbocycles. The predicted molar refractivity (Wildman–Crippen MR) is 74.9 cm³/mol. The van der Waals surface area contributed by atoms with Crippen LogP contribution in [0.1, 0.15) is 30.0 Å². The van der Waals surface area contributed by atoms with E-state index in [1.165, 1.54) is 12.1 Å². The molecule has 0 radical (unpaired) electrons. The molecule has 1 N–H and O–H groups in total. The molecule has 0 aliphatic heterocycles. The number of halogens is 1. The molecular formula is C14H15ClN2O3. The number of ether oxygens (including phenoxy) is 1. The molecule has 20 heavy (non-hydrogen) atoms. The molecule has 2 aromatic heterocycles. The van der Waals surface area contributed by atoms with E-state index >= 15 is 0 Å². The number of hydrogen-bond donors (Lipinski definition) is 1. The largest absolute Gasteiger partial charge is 0.475 e. The number of nitrogens with zero attached hydrogens (tertiary/aromatic N) is 1. The summed E-state index contributed by atoms with van der Waals surface area (Å²) in [4.78, 5) is 15.9. The summed E-state index contributed by atoms with van der Waals surface area (Å²) in [5.74, 6) is 0.426. The van der Waals surface area contributed by atoms with Crippen LogP contribution in [0, 0.1) is 0 Å². The fourth-order valence-electron chi connectivity index (χ4n) is 1.53. The van der Waals surface area contributed by atoms with Gasteiger partial charge in [0, 0.05) is 18.8 Å². The molecule has 106 valence electrons. The number of hydrogen-bond acceptors (Lipinski definition) is 4. The third kappa shape index (κ3) is 3.99. The maximum atomic E-state index is 11.7. The van der Waals surface area contributed by atoms with Crippen molar-refractivity contribution in [2.75, 3.05) is 0 Å². The van der Waals surface area contributed by atoms with Crippen molar-refractivity contribution < 1.29 is 13.9 Å². The van der Waals surface area contributed by atoms with Gasteiger partial charge in [-0.2, -0.15) is 0 Å². The highest BCUT2D eigenvalue weighted by molar-refractivity contribution is 6.29. The van der Waals surface area contributed by atoms with Crippen molar-refractivity contribution in [3.63, 3.8) is 0 Å².